The highest BCUT2D eigenvalue weighted by Crippen LogP contribution is 2.28. The molecular formula is C18H25N5O2S. The molecule has 0 bridgehead atoms. The van der Waals surface area contributed by atoms with E-state index in [-0.39, 0.29) is 11.7 Å². The molecular weight excluding hydrogens is 350 g/mol. The van der Waals surface area contributed by atoms with Crippen molar-refractivity contribution in [3.63, 3.8) is 0 Å². The van der Waals surface area contributed by atoms with Gasteiger partial charge in [0.15, 0.2) is 5.65 Å². The van der Waals surface area contributed by atoms with Gasteiger partial charge in [-0.15, -0.1) is 0 Å². The van der Waals surface area contributed by atoms with E-state index in [1.54, 1.807) is 7.11 Å². The summed E-state index contributed by atoms with van der Waals surface area (Å²) in [7, 11) is 1.65. The third kappa shape index (κ3) is 4.24. The van der Waals surface area contributed by atoms with Crippen molar-refractivity contribution >= 4 is 34.5 Å². The molecule has 0 spiro atoms. The summed E-state index contributed by atoms with van der Waals surface area (Å²) in [6.45, 7) is 6.96. The number of pyridine rings is 1. The molecule has 2 aromatic rings. The van der Waals surface area contributed by atoms with Crippen LogP contribution < -0.4 is 10.2 Å². The van der Waals surface area contributed by atoms with Crippen LogP contribution in [-0.2, 0) is 4.74 Å². The van der Waals surface area contributed by atoms with Crippen LogP contribution in [0, 0.1) is 13.8 Å². The second-order valence-electron chi connectivity index (χ2n) is 6.35. The molecule has 1 aliphatic rings. The number of amides is 1. The first-order valence-electron chi connectivity index (χ1n) is 8.86. The molecule has 0 radical (unpaired) electrons. The van der Waals surface area contributed by atoms with E-state index in [4.69, 9.17) is 4.74 Å². The molecule has 1 saturated heterocycles. The topological polar surface area (TPSA) is 80.2 Å². The summed E-state index contributed by atoms with van der Waals surface area (Å²) in [5, 5.41) is 3.81. The Hall–Kier alpha value is -1.93. The molecule has 3 heterocycles. The summed E-state index contributed by atoms with van der Waals surface area (Å²) < 4.78 is 5.01. The number of thioether (sulfide) groups is 1. The van der Waals surface area contributed by atoms with Crippen molar-refractivity contribution in [3.05, 3.63) is 23.1 Å². The summed E-state index contributed by atoms with van der Waals surface area (Å²) in [4.78, 5) is 28.4. The predicted octanol–water partition coefficient (Wildman–Crippen LogP) is 1.96. The third-order valence-electron chi connectivity index (χ3n) is 4.30. The minimum atomic E-state index is -0.267. The van der Waals surface area contributed by atoms with Crippen LogP contribution >= 0.6 is 11.8 Å². The molecule has 0 saturated carbocycles. The number of aromatic nitrogens is 3. The van der Waals surface area contributed by atoms with Gasteiger partial charge in [-0.25, -0.2) is 15.0 Å². The molecule has 3 rings (SSSR count). The largest absolute Gasteiger partial charge is 0.385 e. The Balaban J connectivity index is 1.97. The van der Waals surface area contributed by atoms with Gasteiger partial charge in [0, 0.05) is 50.6 Å². The maximum absolute atomic E-state index is 12.5. The Morgan fingerprint density at radius 1 is 1.27 bits per heavy atom. The quantitative estimate of drug-likeness (QED) is 0.773. The van der Waals surface area contributed by atoms with Crippen molar-refractivity contribution in [1.82, 2.24) is 20.3 Å². The summed E-state index contributed by atoms with van der Waals surface area (Å²) in [6, 6.07) is 2.04. The lowest BCUT2D eigenvalue weighted by Gasteiger charge is -2.28. The van der Waals surface area contributed by atoms with Crippen LogP contribution in [0.3, 0.4) is 0 Å². The van der Waals surface area contributed by atoms with Gasteiger partial charge < -0.3 is 15.0 Å². The number of carbonyl (C=O) groups is 1. The van der Waals surface area contributed by atoms with Crippen LogP contribution in [0.15, 0.2) is 6.07 Å². The van der Waals surface area contributed by atoms with E-state index >= 15 is 0 Å². The van der Waals surface area contributed by atoms with Crippen LogP contribution in [-0.4, -0.2) is 65.7 Å². The first kappa shape index (κ1) is 18.8. The van der Waals surface area contributed by atoms with Crippen LogP contribution in [0.4, 0.5) is 5.82 Å². The average Bonchev–Trinajstić information content (AvgIpc) is 2.64. The van der Waals surface area contributed by atoms with E-state index in [1.165, 1.54) is 0 Å². The number of hydrogen-bond donors (Lipinski definition) is 1. The molecule has 8 heteroatoms. The van der Waals surface area contributed by atoms with Gasteiger partial charge in [-0.3, -0.25) is 4.79 Å². The first-order valence-corrected chi connectivity index (χ1v) is 10.0. The lowest BCUT2D eigenvalue weighted by atomic mass is 10.1. The third-order valence-corrected chi connectivity index (χ3v) is 5.24. The lowest BCUT2D eigenvalue weighted by molar-refractivity contribution is 0.0938. The SMILES string of the molecule is COCCCNC(=O)c1nc(N2CCSCC2)c2c(C)cc(C)nc2n1. The summed E-state index contributed by atoms with van der Waals surface area (Å²) in [6.07, 6.45) is 0.752. The predicted molar refractivity (Wildman–Crippen MR) is 105 cm³/mol. The maximum Gasteiger partial charge on any atom is 0.289 e. The molecule has 1 N–H and O–H groups in total. The molecule has 0 atom stereocenters. The van der Waals surface area contributed by atoms with Crippen LogP contribution in [0.5, 0.6) is 0 Å². The van der Waals surface area contributed by atoms with Crippen molar-refractivity contribution in [2.24, 2.45) is 0 Å². The molecule has 26 heavy (non-hydrogen) atoms. The minimum absolute atomic E-state index is 0.181. The van der Waals surface area contributed by atoms with Crippen molar-refractivity contribution in [1.29, 1.82) is 0 Å². The highest BCUT2D eigenvalue weighted by molar-refractivity contribution is 7.99. The Morgan fingerprint density at radius 2 is 2.04 bits per heavy atom. The zero-order chi connectivity index (χ0) is 18.5. The fourth-order valence-corrected chi connectivity index (χ4v) is 3.96. The van der Waals surface area contributed by atoms with Gasteiger partial charge in [-0.1, -0.05) is 0 Å². The number of ether oxygens (including phenoxy) is 1. The zero-order valence-corrected chi connectivity index (χ0v) is 16.4. The van der Waals surface area contributed by atoms with Gasteiger partial charge in [-0.05, 0) is 31.9 Å². The molecule has 2 aromatic heterocycles. The second kappa shape index (κ2) is 8.64. The number of anilines is 1. The van der Waals surface area contributed by atoms with Gasteiger partial charge in [0.2, 0.25) is 5.82 Å². The second-order valence-corrected chi connectivity index (χ2v) is 7.58. The fraction of sp³-hybridized carbons (Fsp3) is 0.556. The van der Waals surface area contributed by atoms with Gasteiger partial charge in [0.05, 0.1) is 5.39 Å². The summed E-state index contributed by atoms with van der Waals surface area (Å²) >= 11 is 1.94. The van der Waals surface area contributed by atoms with Gasteiger partial charge in [0.25, 0.3) is 5.91 Å². The van der Waals surface area contributed by atoms with E-state index < -0.39 is 0 Å². The Bertz CT molecular complexity index is 793. The smallest absolute Gasteiger partial charge is 0.289 e. The molecule has 1 amide bonds. The van der Waals surface area contributed by atoms with Crippen molar-refractivity contribution in [2.45, 2.75) is 20.3 Å². The number of carbonyl (C=O) groups excluding carboxylic acids is 1. The van der Waals surface area contributed by atoms with Crippen LogP contribution in [0.25, 0.3) is 11.0 Å². The molecule has 1 fully saturated rings. The molecule has 1 aliphatic heterocycles. The Labute approximate surface area is 157 Å². The number of fused-ring (bicyclic) bond motifs is 1. The van der Waals surface area contributed by atoms with E-state index in [0.717, 1.165) is 53.5 Å². The Morgan fingerprint density at radius 3 is 2.77 bits per heavy atom. The number of rotatable bonds is 6. The normalized spacial score (nSPS) is 14.7. The van der Waals surface area contributed by atoms with Crippen LogP contribution in [0.2, 0.25) is 0 Å². The van der Waals surface area contributed by atoms with E-state index in [2.05, 4.69) is 25.2 Å². The highest BCUT2D eigenvalue weighted by Gasteiger charge is 2.21. The molecule has 0 aliphatic carbocycles. The molecule has 140 valence electrons. The summed E-state index contributed by atoms with van der Waals surface area (Å²) in [5.41, 5.74) is 2.57. The first-order chi connectivity index (χ1) is 12.6. The van der Waals surface area contributed by atoms with E-state index in [9.17, 15) is 4.79 Å². The zero-order valence-electron chi connectivity index (χ0n) is 15.5. The lowest BCUT2D eigenvalue weighted by Crippen LogP contribution is -2.34. The maximum atomic E-state index is 12.5. The monoisotopic (exact) mass is 375 g/mol. The van der Waals surface area contributed by atoms with Gasteiger partial charge >= 0.3 is 0 Å². The van der Waals surface area contributed by atoms with Crippen molar-refractivity contribution in [2.75, 3.05) is 49.8 Å². The van der Waals surface area contributed by atoms with Crippen molar-refractivity contribution in [3.8, 4) is 0 Å². The number of nitrogens with one attached hydrogen (secondary N) is 1. The molecule has 0 aromatic carbocycles. The summed E-state index contributed by atoms with van der Waals surface area (Å²) in [5.74, 6) is 2.85. The van der Waals surface area contributed by atoms with Gasteiger partial charge in [0.1, 0.15) is 5.82 Å². The number of methoxy groups -OCH3 is 1. The number of nitrogens with zero attached hydrogens (tertiary/aromatic N) is 4. The van der Waals surface area contributed by atoms with E-state index in [0.29, 0.717) is 18.8 Å². The molecule has 7 nitrogen and oxygen atoms in total. The average molecular weight is 375 g/mol. The minimum Gasteiger partial charge on any atom is -0.385 e. The number of aryl methyl sites for hydroxylation is 2. The number of hydrogen-bond acceptors (Lipinski definition) is 7. The van der Waals surface area contributed by atoms with Gasteiger partial charge in [-0.2, -0.15) is 11.8 Å². The van der Waals surface area contributed by atoms with Crippen molar-refractivity contribution < 1.29 is 9.53 Å². The molecule has 0 unspecified atom stereocenters. The highest BCUT2D eigenvalue weighted by atomic mass is 32.2. The standard InChI is InChI=1S/C18H25N5O2S/c1-12-11-13(2)20-15-14(12)17(23-6-9-26-10-7-23)22-16(21-15)18(24)19-5-4-8-25-3/h11H,4-10H2,1-3H3,(H,19,24). The van der Waals surface area contributed by atoms with Crippen LogP contribution in [0.1, 0.15) is 28.3 Å². The Kier molecular flexibility index (Phi) is 6.26. The fourth-order valence-electron chi connectivity index (χ4n) is 3.06. The van der Waals surface area contributed by atoms with E-state index in [1.807, 2.05) is 31.7 Å².